The highest BCUT2D eigenvalue weighted by Crippen LogP contribution is 2.06. The molecule has 0 saturated carbocycles. The Kier molecular flexibility index (Phi) is 4.07. The summed E-state index contributed by atoms with van der Waals surface area (Å²) in [5, 5.41) is 8.27. The number of carbonyl (C=O) groups is 1. The molecule has 1 aromatic carbocycles. The molecular formula is C10H9NOS. The lowest BCUT2D eigenvalue weighted by molar-refractivity contribution is 0.102. The molecule has 0 bridgehead atoms. The van der Waals surface area contributed by atoms with Crippen LogP contribution in [0.15, 0.2) is 30.3 Å². The maximum atomic E-state index is 11.4. The largest absolute Gasteiger partial charge is 0.293 e. The van der Waals surface area contributed by atoms with Crippen LogP contribution in [0.1, 0.15) is 10.4 Å². The zero-order chi connectivity index (χ0) is 9.52. The molecule has 0 N–H and O–H groups in total. The Morgan fingerprint density at radius 3 is 2.69 bits per heavy atom. The second-order valence-electron chi connectivity index (χ2n) is 2.44. The van der Waals surface area contributed by atoms with E-state index in [1.165, 1.54) is 11.8 Å². The number of hydrogen-bond acceptors (Lipinski definition) is 3. The van der Waals surface area contributed by atoms with Gasteiger partial charge in [0.2, 0.25) is 0 Å². The number of carbonyl (C=O) groups excluding carboxylic acids is 1. The van der Waals surface area contributed by atoms with Crippen LogP contribution in [0.4, 0.5) is 0 Å². The van der Waals surface area contributed by atoms with Crippen molar-refractivity contribution in [2.45, 2.75) is 0 Å². The number of nitriles is 1. The summed E-state index contributed by atoms with van der Waals surface area (Å²) in [4.78, 5) is 11.4. The zero-order valence-corrected chi connectivity index (χ0v) is 7.88. The lowest BCUT2D eigenvalue weighted by Gasteiger charge is -1.97. The highest BCUT2D eigenvalue weighted by molar-refractivity contribution is 8.00. The van der Waals surface area contributed by atoms with Crippen LogP contribution in [-0.2, 0) is 0 Å². The standard InChI is InChI=1S/C10H9NOS/c11-6-7-13-8-10(12)9-4-2-1-3-5-9/h1-5H,7-8H2. The van der Waals surface area contributed by atoms with Crippen LogP contribution in [0.2, 0.25) is 0 Å². The van der Waals surface area contributed by atoms with E-state index < -0.39 is 0 Å². The van der Waals surface area contributed by atoms with Crippen LogP contribution in [0, 0.1) is 11.3 Å². The molecule has 0 aromatic heterocycles. The number of nitrogens with zero attached hydrogens (tertiary/aromatic N) is 1. The smallest absolute Gasteiger partial charge is 0.172 e. The van der Waals surface area contributed by atoms with Crippen LogP contribution in [0.3, 0.4) is 0 Å². The third kappa shape index (κ3) is 3.30. The van der Waals surface area contributed by atoms with E-state index in [0.29, 0.717) is 17.1 Å². The molecule has 0 aliphatic carbocycles. The predicted molar refractivity (Wildman–Crippen MR) is 53.7 cm³/mol. The monoisotopic (exact) mass is 191 g/mol. The first-order chi connectivity index (χ1) is 6.34. The minimum absolute atomic E-state index is 0.0841. The van der Waals surface area contributed by atoms with E-state index in [0.717, 1.165) is 0 Å². The average Bonchev–Trinajstić information content (AvgIpc) is 2.19. The van der Waals surface area contributed by atoms with Gasteiger partial charge in [0.1, 0.15) is 0 Å². The highest BCUT2D eigenvalue weighted by Gasteiger charge is 2.03. The summed E-state index contributed by atoms with van der Waals surface area (Å²) in [6.07, 6.45) is 0. The van der Waals surface area contributed by atoms with E-state index in [9.17, 15) is 4.79 Å². The van der Waals surface area contributed by atoms with Gasteiger partial charge in [0.05, 0.1) is 17.6 Å². The van der Waals surface area contributed by atoms with Crippen molar-refractivity contribution >= 4 is 17.5 Å². The molecule has 0 aliphatic heterocycles. The molecule has 66 valence electrons. The number of rotatable bonds is 4. The maximum Gasteiger partial charge on any atom is 0.172 e. The van der Waals surface area contributed by atoms with Gasteiger partial charge in [0.15, 0.2) is 5.78 Å². The van der Waals surface area contributed by atoms with Gasteiger partial charge in [-0.25, -0.2) is 0 Å². The summed E-state index contributed by atoms with van der Waals surface area (Å²) in [5.74, 6) is 0.844. The van der Waals surface area contributed by atoms with Crippen molar-refractivity contribution in [3.8, 4) is 6.07 Å². The van der Waals surface area contributed by atoms with Crippen molar-refractivity contribution in [3.63, 3.8) is 0 Å². The Morgan fingerprint density at radius 2 is 2.08 bits per heavy atom. The maximum absolute atomic E-state index is 11.4. The quantitative estimate of drug-likeness (QED) is 0.540. The molecule has 1 rings (SSSR count). The van der Waals surface area contributed by atoms with Gasteiger partial charge in [0, 0.05) is 5.56 Å². The van der Waals surface area contributed by atoms with Crippen molar-refractivity contribution in [2.24, 2.45) is 0 Å². The average molecular weight is 191 g/mol. The van der Waals surface area contributed by atoms with Gasteiger partial charge in [0.25, 0.3) is 0 Å². The van der Waals surface area contributed by atoms with Crippen LogP contribution in [0.25, 0.3) is 0 Å². The minimum atomic E-state index is 0.0841. The molecular weight excluding hydrogens is 182 g/mol. The molecule has 0 unspecified atom stereocenters. The number of thioether (sulfide) groups is 1. The summed E-state index contributed by atoms with van der Waals surface area (Å²) < 4.78 is 0. The van der Waals surface area contributed by atoms with Gasteiger partial charge < -0.3 is 0 Å². The Labute approximate surface area is 81.6 Å². The molecule has 0 fully saturated rings. The van der Waals surface area contributed by atoms with Gasteiger partial charge in [-0.15, -0.1) is 11.8 Å². The van der Waals surface area contributed by atoms with E-state index >= 15 is 0 Å². The van der Waals surface area contributed by atoms with Gasteiger partial charge in [-0.1, -0.05) is 30.3 Å². The summed E-state index contributed by atoms with van der Waals surface area (Å²) in [5.41, 5.74) is 0.716. The van der Waals surface area contributed by atoms with Crippen LogP contribution >= 0.6 is 11.8 Å². The summed E-state index contributed by atoms with van der Waals surface area (Å²) in [6.45, 7) is 0. The fraction of sp³-hybridized carbons (Fsp3) is 0.200. The first-order valence-corrected chi connectivity index (χ1v) is 5.03. The SMILES string of the molecule is N#CCSCC(=O)c1ccccc1. The number of benzene rings is 1. The molecule has 0 amide bonds. The summed E-state index contributed by atoms with van der Waals surface area (Å²) in [7, 11) is 0. The van der Waals surface area contributed by atoms with Crippen molar-refractivity contribution in [1.82, 2.24) is 0 Å². The first-order valence-electron chi connectivity index (χ1n) is 3.87. The van der Waals surface area contributed by atoms with Crippen LogP contribution in [0.5, 0.6) is 0 Å². The van der Waals surface area contributed by atoms with Gasteiger partial charge in [-0.3, -0.25) is 4.79 Å². The third-order valence-corrected chi connectivity index (χ3v) is 2.30. The number of ketones is 1. The van der Waals surface area contributed by atoms with Gasteiger partial charge >= 0.3 is 0 Å². The van der Waals surface area contributed by atoms with Gasteiger partial charge in [-0.05, 0) is 0 Å². The van der Waals surface area contributed by atoms with Crippen LogP contribution in [-0.4, -0.2) is 17.3 Å². The second-order valence-corrected chi connectivity index (χ2v) is 3.43. The number of hydrogen-bond donors (Lipinski definition) is 0. The van der Waals surface area contributed by atoms with Crippen molar-refractivity contribution in [1.29, 1.82) is 5.26 Å². The Morgan fingerprint density at radius 1 is 1.38 bits per heavy atom. The zero-order valence-electron chi connectivity index (χ0n) is 7.06. The second kappa shape index (κ2) is 5.39. The Hall–Kier alpha value is -1.27. The lowest BCUT2D eigenvalue weighted by Crippen LogP contribution is -2.01. The summed E-state index contributed by atoms with van der Waals surface area (Å²) in [6, 6.07) is 11.1. The van der Waals surface area contributed by atoms with E-state index in [1.807, 2.05) is 24.3 Å². The van der Waals surface area contributed by atoms with Crippen molar-refractivity contribution in [2.75, 3.05) is 11.5 Å². The number of Topliss-reactive ketones (excluding diaryl/α,β-unsaturated/α-hetero) is 1. The topological polar surface area (TPSA) is 40.9 Å². The fourth-order valence-electron chi connectivity index (χ4n) is 0.897. The van der Waals surface area contributed by atoms with E-state index in [2.05, 4.69) is 0 Å². The molecule has 3 heteroatoms. The molecule has 0 heterocycles. The third-order valence-electron chi connectivity index (χ3n) is 1.50. The van der Waals surface area contributed by atoms with E-state index in [1.54, 1.807) is 12.1 Å². The van der Waals surface area contributed by atoms with Crippen LogP contribution < -0.4 is 0 Å². The Bertz CT molecular complexity index is 315. The van der Waals surface area contributed by atoms with Gasteiger partial charge in [-0.2, -0.15) is 5.26 Å². The molecule has 13 heavy (non-hydrogen) atoms. The molecule has 2 nitrogen and oxygen atoms in total. The molecule has 0 radical (unpaired) electrons. The fourth-order valence-corrected chi connectivity index (χ4v) is 1.44. The minimum Gasteiger partial charge on any atom is -0.293 e. The normalized spacial score (nSPS) is 9.15. The molecule has 0 saturated heterocycles. The van der Waals surface area contributed by atoms with Crippen molar-refractivity contribution < 1.29 is 4.79 Å². The lowest BCUT2D eigenvalue weighted by atomic mass is 10.2. The van der Waals surface area contributed by atoms with E-state index in [-0.39, 0.29) is 5.78 Å². The predicted octanol–water partition coefficient (Wildman–Crippen LogP) is 2.13. The first kappa shape index (κ1) is 9.82. The van der Waals surface area contributed by atoms with Crippen molar-refractivity contribution in [3.05, 3.63) is 35.9 Å². The molecule has 0 spiro atoms. The highest BCUT2D eigenvalue weighted by atomic mass is 32.2. The molecule has 0 atom stereocenters. The van der Waals surface area contributed by atoms with E-state index in [4.69, 9.17) is 5.26 Å². The molecule has 1 aromatic rings. The summed E-state index contributed by atoms with van der Waals surface area (Å²) >= 11 is 1.35. The Balaban J connectivity index is 2.46. The molecule has 0 aliphatic rings.